The number of hydrogen-bond acceptors (Lipinski definition) is 8. The lowest BCUT2D eigenvalue weighted by Gasteiger charge is -2.25. The van der Waals surface area contributed by atoms with Crippen LogP contribution in [0.2, 0.25) is 0 Å². The predicted octanol–water partition coefficient (Wildman–Crippen LogP) is 3.49. The van der Waals surface area contributed by atoms with E-state index in [2.05, 4.69) is 20.2 Å². The molecule has 0 saturated heterocycles. The van der Waals surface area contributed by atoms with Crippen LogP contribution in [0.25, 0.3) is 5.65 Å². The summed E-state index contributed by atoms with van der Waals surface area (Å²) in [4.78, 5) is 20.5. The van der Waals surface area contributed by atoms with Gasteiger partial charge in [-0.1, -0.05) is 18.2 Å². The molecular weight excluding hydrogens is 464 g/mol. The molecule has 2 heterocycles. The average molecular weight is 493 g/mol. The minimum Gasteiger partial charge on any atom is -0.462 e. The largest absolute Gasteiger partial charge is 0.462 e. The molecule has 34 heavy (non-hydrogen) atoms. The molecule has 0 saturated carbocycles. The molecular formula is C22H29FN5O5P. The topological polar surface area (TPSA) is 117 Å². The maximum Gasteiger partial charge on any atom is 0.342 e. The van der Waals surface area contributed by atoms with Gasteiger partial charge >= 0.3 is 13.5 Å². The molecule has 0 bridgehead atoms. The third-order valence-electron chi connectivity index (χ3n) is 4.74. The Balaban J connectivity index is 1.74. The summed E-state index contributed by atoms with van der Waals surface area (Å²) in [6, 6.07) is 7.53. The average Bonchev–Trinajstić information content (AvgIpc) is 3.20. The van der Waals surface area contributed by atoms with Crippen LogP contribution in [0.5, 0.6) is 5.75 Å². The summed E-state index contributed by atoms with van der Waals surface area (Å²) >= 11 is 0. The zero-order valence-electron chi connectivity index (χ0n) is 19.6. The highest BCUT2D eigenvalue weighted by atomic mass is 31.2. The van der Waals surface area contributed by atoms with Gasteiger partial charge in [0.2, 0.25) is 0 Å². The number of aromatic nitrogens is 4. The molecule has 12 heteroatoms. The first kappa shape index (κ1) is 25.7. The molecule has 0 spiro atoms. The molecule has 3 rings (SSSR count). The van der Waals surface area contributed by atoms with E-state index >= 15 is 0 Å². The third kappa shape index (κ3) is 6.82. The molecule has 3 aromatic rings. The van der Waals surface area contributed by atoms with E-state index < -0.39 is 38.7 Å². The number of para-hydroxylation sites is 1. The van der Waals surface area contributed by atoms with Crippen molar-refractivity contribution in [2.75, 3.05) is 13.0 Å². The normalized spacial score (nSPS) is 15.1. The second-order valence-corrected chi connectivity index (χ2v) is 10.1. The summed E-state index contributed by atoms with van der Waals surface area (Å²) < 4.78 is 45.6. The summed E-state index contributed by atoms with van der Waals surface area (Å²) in [5.41, 5.74) is 1.20. The van der Waals surface area contributed by atoms with E-state index in [1.165, 1.54) is 13.3 Å². The minimum atomic E-state index is -3.79. The quantitative estimate of drug-likeness (QED) is 0.299. The van der Waals surface area contributed by atoms with Crippen LogP contribution in [-0.4, -0.2) is 56.8 Å². The van der Waals surface area contributed by atoms with Gasteiger partial charge in [-0.15, -0.1) is 0 Å². The molecule has 2 unspecified atom stereocenters. The van der Waals surface area contributed by atoms with Crippen LogP contribution in [0.3, 0.4) is 0 Å². The number of ether oxygens (including phenoxy) is 2. The van der Waals surface area contributed by atoms with Crippen LogP contribution in [0.15, 0.2) is 42.9 Å². The van der Waals surface area contributed by atoms with Gasteiger partial charge in [0, 0.05) is 12.0 Å². The van der Waals surface area contributed by atoms with Crippen molar-refractivity contribution in [3.8, 4) is 5.75 Å². The van der Waals surface area contributed by atoms with E-state index in [-0.39, 0.29) is 12.5 Å². The van der Waals surface area contributed by atoms with Crippen LogP contribution < -0.4 is 9.61 Å². The molecule has 2 aromatic heterocycles. The Kier molecular flexibility index (Phi) is 8.71. The van der Waals surface area contributed by atoms with Crippen LogP contribution in [-0.2, 0) is 25.3 Å². The van der Waals surface area contributed by atoms with E-state index in [0.717, 1.165) is 0 Å². The number of benzene rings is 1. The molecule has 3 atom stereocenters. The number of carbonyl (C=O) groups excluding carboxylic acids is 1. The molecule has 0 aliphatic carbocycles. The summed E-state index contributed by atoms with van der Waals surface area (Å²) in [5, 5.41) is 6.92. The van der Waals surface area contributed by atoms with Crippen molar-refractivity contribution in [3.63, 3.8) is 0 Å². The van der Waals surface area contributed by atoms with Crippen LogP contribution in [0.4, 0.5) is 4.39 Å². The van der Waals surface area contributed by atoms with Gasteiger partial charge in [-0.2, -0.15) is 5.10 Å². The van der Waals surface area contributed by atoms with Gasteiger partial charge in [-0.25, -0.2) is 24.0 Å². The fraction of sp³-hybridized carbons (Fsp3) is 0.455. The lowest BCUT2D eigenvalue weighted by atomic mass is 10.1. The number of nitrogens with zero attached hydrogens (tertiary/aromatic N) is 4. The van der Waals surface area contributed by atoms with Gasteiger partial charge in [0.1, 0.15) is 37.0 Å². The number of halogens is 1. The summed E-state index contributed by atoms with van der Waals surface area (Å²) in [6.07, 6.45) is 1.39. The number of nitrogens with one attached hydrogen (secondary N) is 1. The minimum absolute atomic E-state index is 0.146. The summed E-state index contributed by atoms with van der Waals surface area (Å²) in [6.45, 7) is 5.89. The summed E-state index contributed by atoms with van der Waals surface area (Å²) in [5.74, 6) is 0.370. The monoisotopic (exact) mass is 493 g/mol. The Morgan fingerprint density at radius 2 is 1.94 bits per heavy atom. The first-order valence-corrected chi connectivity index (χ1v) is 12.7. The van der Waals surface area contributed by atoms with Crippen molar-refractivity contribution in [2.24, 2.45) is 0 Å². The maximum atomic E-state index is 13.9. The standard InChI is InChI=1S/C22H29FN5O5P/c1-15(2)32-22(29)16(3)27-34(30,33-19-8-6-5-7-9-19)14-31-20(11-23)10-18-12-26-28-17(4)24-13-25-21(18)28/h5-9,12-13,15-16,20H,10-11,14H2,1-4H3,(H,27,30)/t16-,20?,34?/m0/s1. The van der Waals surface area contributed by atoms with E-state index in [1.807, 2.05) is 0 Å². The van der Waals surface area contributed by atoms with Gasteiger partial charge in [0.25, 0.3) is 0 Å². The SMILES string of the molecule is Cc1ncnc2c(CC(CF)OCP(=O)(N[C@@H](C)C(=O)OC(C)C)Oc3ccccc3)cnn12. The second-order valence-electron chi connectivity index (χ2n) is 8.02. The number of alkyl halides is 1. The highest BCUT2D eigenvalue weighted by Crippen LogP contribution is 2.44. The summed E-state index contributed by atoms with van der Waals surface area (Å²) in [7, 11) is -3.79. The van der Waals surface area contributed by atoms with Crippen LogP contribution >= 0.6 is 7.52 Å². The maximum absolute atomic E-state index is 13.9. The molecule has 0 amide bonds. The zero-order valence-corrected chi connectivity index (χ0v) is 20.4. The van der Waals surface area contributed by atoms with E-state index in [4.69, 9.17) is 14.0 Å². The Morgan fingerprint density at radius 3 is 2.62 bits per heavy atom. The van der Waals surface area contributed by atoms with Crippen molar-refractivity contribution in [1.82, 2.24) is 24.7 Å². The van der Waals surface area contributed by atoms with E-state index in [9.17, 15) is 13.8 Å². The molecule has 184 valence electrons. The number of fused-ring (bicyclic) bond motifs is 1. The first-order valence-electron chi connectivity index (χ1n) is 10.8. The fourth-order valence-electron chi connectivity index (χ4n) is 3.15. The Labute approximate surface area is 197 Å². The van der Waals surface area contributed by atoms with Crippen LogP contribution in [0.1, 0.15) is 32.2 Å². The third-order valence-corrected chi connectivity index (χ3v) is 6.52. The highest BCUT2D eigenvalue weighted by Gasteiger charge is 2.32. The Hall–Kier alpha value is -2.88. The lowest BCUT2D eigenvalue weighted by Crippen LogP contribution is -2.37. The van der Waals surface area contributed by atoms with Gasteiger partial charge in [-0.05, 0) is 39.8 Å². The van der Waals surface area contributed by atoms with Gasteiger partial charge in [-0.3, -0.25) is 9.36 Å². The smallest absolute Gasteiger partial charge is 0.342 e. The highest BCUT2D eigenvalue weighted by molar-refractivity contribution is 7.57. The molecule has 0 aliphatic rings. The number of rotatable bonds is 12. The number of esters is 1. The van der Waals surface area contributed by atoms with E-state index in [1.54, 1.807) is 61.8 Å². The Morgan fingerprint density at radius 1 is 1.21 bits per heavy atom. The number of aryl methyl sites for hydroxylation is 1. The van der Waals surface area contributed by atoms with Crippen molar-refractivity contribution < 1.29 is 27.7 Å². The van der Waals surface area contributed by atoms with Crippen LogP contribution in [0, 0.1) is 6.92 Å². The number of carbonyl (C=O) groups is 1. The molecule has 0 fully saturated rings. The molecule has 1 N–H and O–H groups in total. The van der Waals surface area contributed by atoms with Crippen molar-refractivity contribution in [3.05, 3.63) is 54.2 Å². The van der Waals surface area contributed by atoms with E-state index in [0.29, 0.717) is 22.8 Å². The van der Waals surface area contributed by atoms with Gasteiger partial charge in [0.15, 0.2) is 5.65 Å². The molecule has 0 aliphatic heterocycles. The predicted molar refractivity (Wildman–Crippen MR) is 123 cm³/mol. The van der Waals surface area contributed by atoms with Crippen molar-refractivity contribution in [1.29, 1.82) is 0 Å². The zero-order chi connectivity index (χ0) is 24.7. The lowest BCUT2D eigenvalue weighted by molar-refractivity contribution is -0.149. The molecule has 10 nitrogen and oxygen atoms in total. The molecule has 0 radical (unpaired) electrons. The van der Waals surface area contributed by atoms with Gasteiger partial charge < -0.3 is 14.0 Å². The Bertz CT molecular complexity index is 1140. The number of hydrogen-bond donors (Lipinski definition) is 1. The first-order chi connectivity index (χ1) is 16.2. The van der Waals surface area contributed by atoms with Crippen molar-refractivity contribution >= 4 is 19.1 Å². The second kappa shape index (κ2) is 11.5. The van der Waals surface area contributed by atoms with Crippen molar-refractivity contribution in [2.45, 2.75) is 52.4 Å². The van der Waals surface area contributed by atoms with Gasteiger partial charge in [0.05, 0.1) is 18.4 Å². The molecule has 1 aromatic carbocycles. The fourth-order valence-corrected chi connectivity index (χ4v) is 4.89.